The van der Waals surface area contributed by atoms with Gasteiger partial charge in [-0.05, 0) is 18.2 Å². The topological polar surface area (TPSA) is 24.9 Å². The lowest BCUT2D eigenvalue weighted by Gasteiger charge is -2.04. The van der Waals surface area contributed by atoms with Crippen LogP contribution in [0.1, 0.15) is 0 Å². The average molecular weight is 254 g/mol. The van der Waals surface area contributed by atoms with Crippen LogP contribution in [-0.4, -0.2) is 17.3 Å². The van der Waals surface area contributed by atoms with Crippen LogP contribution < -0.4 is 5.32 Å². The molecule has 0 radical (unpaired) electrons. The number of nitrogens with zero attached hydrogens (tertiary/aromatic N) is 1. The van der Waals surface area contributed by atoms with E-state index in [-0.39, 0.29) is 5.82 Å². The zero-order chi connectivity index (χ0) is 11.2. The van der Waals surface area contributed by atoms with Gasteiger partial charge in [-0.25, -0.2) is 9.37 Å². The molecule has 2 nitrogen and oxygen atoms in total. The van der Waals surface area contributed by atoms with E-state index >= 15 is 0 Å². The second-order valence-electron chi connectivity index (χ2n) is 3.08. The van der Waals surface area contributed by atoms with Crippen molar-refractivity contribution in [1.82, 2.24) is 4.98 Å². The molecule has 0 aliphatic rings. The third-order valence-electron chi connectivity index (χ3n) is 1.89. The number of hydrogen-bond acceptors (Lipinski definition) is 4. The molecule has 0 fully saturated rings. The number of rotatable bonds is 5. The molecule has 1 N–H and O–H groups in total. The molecule has 1 aromatic heterocycles. The predicted octanol–water partition coefficient (Wildman–Crippen LogP) is 3.49. The zero-order valence-corrected chi connectivity index (χ0v) is 10.2. The van der Waals surface area contributed by atoms with Gasteiger partial charge in [0, 0.05) is 29.6 Å². The smallest absolute Gasteiger partial charge is 0.149 e. The second-order valence-corrected chi connectivity index (χ2v) is 5.32. The van der Waals surface area contributed by atoms with Crippen molar-refractivity contribution in [3.05, 3.63) is 41.7 Å². The van der Waals surface area contributed by atoms with E-state index in [0.717, 1.165) is 22.3 Å². The SMILES string of the molecule is Fc1cccc(NCCSc2nccs2)c1. The number of nitrogens with one attached hydrogen (secondary N) is 1. The number of hydrogen-bond donors (Lipinski definition) is 1. The Labute approximate surface area is 102 Å². The highest BCUT2D eigenvalue weighted by Crippen LogP contribution is 2.19. The Bertz CT molecular complexity index is 431. The molecule has 0 aliphatic heterocycles. The third-order valence-corrected chi connectivity index (χ3v) is 3.86. The highest BCUT2D eigenvalue weighted by atomic mass is 32.2. The normalized spacial score (nSPS) is 10.3. The Morgan fingerprint density at radius 3 is 3.12 bits per heavy atom. The standard InChI is InChI=1S/C11H11FN2S2/c12-9-2-1-3-10(8-9)13-4-6-15-11-14-5-7-16-11/h1-3,5,7-8,13H,4,6H2. The lowest BCUT2D eigenvalue weighted by molar-refractivity contribution is 0.628. The van der Waals surface area contributed by atoms with Crippen LogP contribution in [0.5, 0.6) is 0 Å². The van der Waals surface area contributed by atoms with Crippen molar-refractivity contribution in [2.75, 3.05) is 17.6 Å². The van der Waals surface area contributed by atoms with Crippen molar-refractivity contribution in [1.29, 1.82) is 0 Å². The van der Waals surface area contributed by atoms with Gasteiger partial charge in [0.05, 0.1) is 0 Å². The maximum absolute atomic E-state index is 12.8. The van der Waals surface area contributed by atoms with Crippen molar-refractivity contribution in [3.63, 3.8) is 0 Å². The van der Waals surface area contributed by atoms with Crippen LogP contribution in [0.3, 0.4) is 0 Å². The highest BCUT2D eigenvalue weighted by molar-refractivity contribution is 8.01. The minimum atomic E-state index is -0.211. The number of aromatic nitrogens is 1. The lowest BCUT2D eigenvalue weighted by Crippen LogP contribution is -2.03. The largest absolute Gasteiger partial charge is 0.384 e. The molecule has 0 saturated heterocycles. The van der Waals surface area contributed by atoms with Crippen LogP contribution >= 0.6 is 23.1 Å². The van der Waals surface area contributed by atoms with Crippen molar-refractivity contribution in [2.45, 2.75) is 4.34 Å². The second kappa shape index (κ2) is 5.86. The van der Waals surface area contributed by atoms with Crippen LogP contribution in [0.15, 0.2) is 40.2 Å². The average Bonchev–Trinajstić information content (AvgIpc) is 2.77. The number of benzene rings is 1. The van der Waals surface area contributed by atoms with E-state index in [4.69, 9.17) is 0 Å². The van der Waals surface area contributed by atoms with Gasteiger partial charge in [-0.3, -0.25) is 0 Å². The Kier molecular flexibility index (Phi) is 4.18. The Hall–Kier alpha value is -1.07. The minimum Gasteiger partial charge on any atom is -0.384 e. The number of halogens is 1. The number of thiazole rings is 1. The zero-order valence-electron chi connectivity index (χ0n) is 8.52. The molecule has 0 aliphatic carbocycles. The summed E-state index contributed by atoms with van der Waals surface area (Å²) in [7, 11) is 0. The van der Waals surface area contributed by atoms with Crippen molar-refractivity contribution >= 4 is 28.8 Å². The van der Waals surface area contributed by atoms with Gasteiger partial charge in [0.25, 0.3) is 0 Å². The van der Waals surface area contributed by atoms with Gasteiger partial charge in [-0.1, -0.05) is 17.8 Å². The van der Waals surface area contributed by atoms with E-state index in [1.54, 1.807) is 35.4 Å². The van der Waals surface area contributed by atoms with Crippen LogP contribution in [-0.2, 0) is 0 Å². The minimum absolute atomic E-state index is 0.211. The quantitative estimate of drug-likeness (QED) is 0.653. The van der Waals surface area contributed by atoms with Crippen LogP contribution in [0.2, 0.25) is 0 Å². The predicted molar refractivity (Wildman–Crippen MR) is 67.7 cm³/mol. The van der Waals surface area contributed by atoms with Crippen LogP contribution in [0.25, 0.3) is 0 Å². The molecule has 0 bridgehead atoms. The van der Waals surface area contributed by atoms with Crippen molar-refractivity contribution in [2.24, 2.45) is 0 Å². The fraction of sp³-hybridized carbons (Fsp3) is 0.182. The summed E-state index contributed by atoms with van der Waals surface area (Å²) in [5, 5.41) is 5.12. The van der Waals surface area contributed by atoms with Gasteiger partial charge in [-0.15, -0.1) is 11.3 Å². The first-order valence-electron chi connectivity index (χ1n) is 4.86. The van der Waals surface area contributed by atoms with E-state index in [1.165, 1.54) is 12.1 Å². The van der Waals surface area contributed by atoms with E-state index in [0.29, 0.717) is 0 Å². The Morgan fingerprint density at radius 1 is 1.44 bits per heavy atom. The fourth-order valence-electron chi connectivity index (χ4n) is 1.21. The number of anilines is 1. The number of thioether (sulfide) groups is 1. The molecule has 84 valence electrons. The first kappa shape index (κ1) is 11.4. The summed E-state index contributed by atoms with van der Waals surface area (Å²) in [5.74, 6) is 0.710. The summed E-state index contributed by atoms with van der Waals surface area (Å²) in [6, 6.07) is 6.49. The summed E-state index contributed by atoms with van der Waals surface area (Å²) in [6.45, 7) is 0.799. The summed E-state index contributed by atoms with van der Waals surface area (Å²) in [5.41, 5.74) is 0.819. The molecule has 0 atom stereocenters. The molecule has 5 heteroatoms. The third kappa shape index (κ3) is 3.50. The van der Waals surface area contributed by atoms with Gasteiger partial charge in [0.15, 0.2) is 0 Å². The van der Waals surface area contributed by atoms with E-state index in [2.05, 4.69) is 10.3 Å². The Morgan fingerprint density at radius 2 is 2.38 bits per heavy atom. The molecular weight excluding hydrogens is 243 g/mol. The summed E-state index contributed by atoms with van der Waals surface area (Å²) >= 11 is 3.34. The molecule has 2 rings (SSSR count). The summed E-state index contributed by atoms with van der Waals surface area (Å²) in [6.07, 6.45) is 1.80. The lowest BCUT2D eigenvalue weighted by atomic mass is 10.3. The van der Waals surface area contributed by atoms with Gasteiger partial charge in [-0.2, -0.15) is 0 Å². The monoisotopic (exact) mass is 254 g/mol. The van der Waals surface area contributed by atoms with Gasteiger partial charge < -0.3 is 5.32 Å². The van der Waals surface area contributed by atoms with Crippen molar-refractivity contribution in [3.8, 4) is 0 Å². The summed E-state index contributed by atoms with van der Waals surface area (Å²) in [4.78, 5) is 4.17. The molecule has 2 aromatic rings. The van der Waals surface area contributed by atoms with Gasteiger partial charge in [0.2, 0.25) is 0 Å². The van der Waals surface area contributed by atoms with Crippen LogP contribution in [0.4, 0.5) is 10.1 Å². The maximum atomic E-state index is 12.8. The van der Waals surface area contributed by atoms with E-state index in [9.17, 15) is 4.39 Å². The molecule has 0 amide bonds. The molecule has 0 spiro atoms. The van der Waals surface area contributed by atoms with E-state index in [1.807, 2.05) is 11.4 Å². The molecule has 1 aromatic carbocycles. The van der Waals surface area contributed by atoms with Gasteiger partial charge in [0.1, 0.15) is 10.2 Å². The van der Waals surface area contributed by atoms with E-state index < -0.39 is 0 Å². The molecule has 0 saturated carbocycles. The van der Waals surface area contributed by atoms with Crippen molar-refractivity contribution < 1.29 is 4.39 Å². The first-order chi connectivity index (χ1) is 7.84. The highest BCUT2D eigenvalue weighted by Gasteiger charge is 1.97. The molecule has 0 unspecified atom stereocenters. The molecular formula is C11H11FN2S2. The maximum Gasteiger partial charge on any atom is 0.149 e. The Balaban J connectivity index is 1.72. The first-order valence-corrected chi connectivity index (χ1v) is 6.73. The molecule has 1 heterocycles. The molecule has 16 heavy (non-hydrogen) atoms. The fourth-order valence-corrected chi connectivity index (χ4v) is 2.78. The van der Waals surface area contributed by atoms with Crippen LogP contribution in [0, 0.1) is 5.82 Å². The van der Waals surface area contributed by atoms with Gasteiger partial charge >= 0.3 is 0 Å². The summed E-state index contributed by atoms with van der Waals surface area (Å²) < 4.78 is 13.9.